The Morgan fingerprint density at radius 2 is 1.69 bits per heavy atom. The second-order valence-electron chi connectivity index (χ2n) is 3.49. The van der Waals surface area contributed by atoms with E-state index >= 15 is 0 Å². The average molecular weight is 238 g/mol. The quantitative estimate of drug-likeness (QED) is 0.717. The maximum Gasteiger partial charge on any atom is 0.448 e. The Bertz CT molecular complexity index is 326. The molecule has 0 spiro atoms. The molecule has 0 unspecified atom stereocenters. The minimum atomic E-state index is -4.76. The van der Waals surface area contributed by atoms with Crippen LogP contribution in [0, 0.1) is 5.41 Å². The molecule has 4 nitrogen and oxygen atoms in total. The van der Waals surface area contributed by atoms with Gasteiger partial charge in [0.25, 0.3) is 5.79 Å². The number of alkyl halides is 3. The van der Waals surface area contributed by atoms with Crippen LogP contribution < -0.4 is 5.73 Å². The maximum atomic E-state index is 13.0. The van der Waals surface area contributed by atoms with Gasteiger partial charge in [0.05, 0.1) is 18.8 Å². The molecule has 0 aromatic rings. The summed E-state index contributed by atoms with van der Waals surface area (Å²) in [6.45, 7) is 2.14. The topological polar surface area (TPSA) is 68.3 Å². The fraction of sp³-hybridized carbons (Fsp3) is 0.667. The van der Waals surface area contributed by atoms with Crippen molar-refractivity contribution in [2.75, 3.05) is 13.2 Å². The van der Waals surface area contributed by atoms with Gasteiger partial charge < -0.3 is 20.6 Å². The first-order valence-electron chi connectivity index (χ1n) is 4.59. The van der Waals surface area contributed by atoms with E-state index in [1.807, 2.05) is 0 Å². The second kappa shape index (κ2) is 4.06. The average Bonchev–Trinajstić information content (AvgIpc) is 2.51. The minimum Gasteiger partial charge on any atom is -0.402 e. The number of nitrogens with one attached hydrogen (secondary N) is 1. The zero-order chi connectivity index (χ0) is 12.6. The molecule has 0 aromatic carbocycles. The summed E-state index contributed by atoms with van der Waals surface area (Å²) in [4.78, 5) is 0. The van der Waals surface area contributed by atoms with E-state index in [1.54, 1.807) is 0 Å². The van der Waals surface area contributed by atoms with Crippen molar-refractivity contribution in [1.82, 2.24) is 0 Å². The summed E-state index contributed by atoms with van der Waals surface area (Å²) in [7, 11) is 0. The molecule has 7 heteroatoms. The van der Waals surface area contributed by atoms with Gasteiger partial charge >= 0.3 is 6.18 Å². The number of nitrogens with two attached hydrogens (primary N) is 1. The Labute approximate surface area is 90.7 Å². The SMILES string of the molecule is CC(=N)/C(=C(/C)N)C1(C(F)(F)F)OCCO1. The van der Waals surface area contributed by atoms with Crippen LogP contribution in [0.1, 0.15) is 13.8 Å². The lowest BCUT2D eigenvalue weighted by atomic mass is 9.99. The molecule has 1 aliphatic rings. The van der Waals surface area contributed by atoms with Crippen molar-refractivity contribution in [3.05, 3.63) is 11.3 Å². The molecule has 1 saturated heterocycles. The van der Waals surface area contributed by atoms with Gasteiger partial charge in [-0.1, -0.05) is 0 Å². The molecular formula is C9H13F3N2O2. The summed E-state index contributed by atoms with van der Waals surface area (Å²) >= 11 is 0. The number of hydrogen-bond acceptors (Lipinski definition) is 4. The summed E-state index contributed by atoms with van der Waals surface area (Å²) < 4.78 is 48.2. The fourth-order valence-electron chi connectivity index (χ4n) is 1.66. The number of rotatable bonds is 2. The molecule has 0 radical (unpaired) electrons. The summed E-state index contributed by atoms with van der Waals surface area (Å²) in [5.74, 6) is -2.88. The van der Waals surface area contributed by atoms with Crippen molar-refractivity contribution in [2.45, 2.75) is 25.8 Å². The third kappa shape index (κ3) is 1.92. The molecule has 0 saturated carbocycles. The predicted molar refractivity (Wildman–Crippen MR) is 51.0 cm³/mol. The van der Waals surface area contributed by atoms with E-state index in [0.29, 0.717) is 0 Å². The largest absolute Gasteiger partial charge is 0.448 e. The molecule has 1 rings (SSSR count). The molecule has 3 N–H and O–H groups in total. The molecule has 1 heterocycles. The smallest absolute Gasteiger partial charge is 0.402 e. The summed E-state index contributed by atoms with van der Waals surface area (Å²) in [5.41, 5.74) is 4.46. The van der Waals surface area contributed by atoms with Crippen molar-refractivity contribution in [3.63, 3.8) is 0 Å². The van der Waals surface area contributed by atoms with Gasteiger partial charge in [0, 0.05) is 11.4 Å². The Hall–Kier alpha value is -1.08. The Kier molecular flexibility index (Phi) is 3.30. The van der Waals surface area contributed by atoms with Gasteiger partial charge in [-0.3, -0.25) is 0 Å². The number of ether oxygens (including phenoxy) is 2. The predicted octanol–water partition coefficient (Wildman–Crippen LogP) is 1.56. The maximum absolute atomic E-state index is 13.0. The van der Waals surface area contributed by atoms with Crippen LogP contribution in [0.5, 0.6) is 0 Å². The molecule has 1 fully saturated rings. The molecule has 1 aliphatic heterocycles. The van der Waals surface area contributed by atoms with Crippen molar-refractivity contribution in [3.8, 4) is 0 Å². The molecule has 92 valence electrons. The highest BCUT2D eigenvalue weighted by Crippen LogP contribution is 2.43. The molecule has 0 amide bonds. The lowest BCUT2D eigenvalue weighted by Crippen LogP contribution is -2.50. The van der Waals surface area contributed by atoms with Gasteiger partial charge in [-0.2, -0.15) is 13.2 Å². The van der Waals surface area contributed by atoms with E-state index in [-0.39, 0.29) is 24.6 Å². The van der Waals surface area contributed by atoms with Crippen LogP contribution in [0.2, 0.25) is 0 Å². The Balaban J connectivity index is 3.32. The second-order valence-corrected chi connectivity index (χ2v) is 3.49. The highest BCUT2D eigenvalue weighted by molar-refractivity contribution is 5.98. The molecule has 0 bridgehead atoms. The third-order valence-electron chi connectivity index (χ3n) is 2.17. The van der Waals surface area contributed by atoms with Gasteiger partial charge in [-0.05, 0) is 13.8 Å². The summed E-state index contributed by atoms with van der Waals surface area (Å²) in [5, 5.41) is 7.35. The van der Waals surface area contributed by atoms with Crippen molar-refractivity contribution >= 4 is 5.71 Å². The van der Waals surface area contributed by atoms with Crippen LogP contribution in [0.25, 0.3) is 0 Å². The van der Waals surface area contributed by atoms with E-state index in [2.05, 4.69) is 9.47 Å². The first-order chi connectivity index (χ1) is 7.22. The highest BCUT2D eigenvalue weighted by atomic mass is 19.4. The van der Waals surface area contributed by atoms with E-state index in [4.69, 9.17) is 11.1 Å². The fourth-order valence-corrected chi connectivity index (χ4v) is 1.66. The molecule has 0 aliphatic carbocycles. The first-order valence-corrected chi connectivity index (χ1v) is 4.59. The molecule has 0 atom stereocenters. The van der Waals surface area contributed by atoms with Crippen LogP contribution >= 0.6 is 0 Å². The van der Waals surface area contributed by atoms with Crippen molar-refractivity contribution < 1.29 is 22.6 Å². The lowest BCUT2D eigenvalue weighted by Gasteiger charge is -2.32. The highest BCUT2D eigenvalue weighted by Gasteiger charge is 2.63. The monoisotopic (exact) mass is 238 g/mol. The number of halogens is 3. The number of allylic oxidation sites excluding steroid dienone is 1. The van der Waals surface area contributed by atoms with E-state index in [9.17, 15) is 13.2 Å². The zero-order valence-corrected chi connectivity index (χ0v) is 8.94. The minimum absolute atomic E-state index is 0.133. The van der Waals surface area contributed by atoms with Gasteiger partial charge in [0.1, 0.15) is 0 Å². The van der Waals surface area contributed by atoms with Crippen LogP contribution in [0.4, 0.5) is 13.2 Å². The summed E-state index contributed by atoms with van der Waals surface area (Å²) in [6, 6.07) is 0. The van der Waals surface area contributed by atoms with Crippen LogP contribution in [-0.2, 0) is 9.47 Å². The normalized spacial score (nSPS) is 21.8. The molecular weight excluding hydrogens is 225 g/mol. The van der Waals surface area contributed by atoms with Gasteiger partial charge in [-0.25, -0.2) is 0 Å². The Morgan fingerprint density at radius 3 is 1.94 bits per heavy atom. The van der Waals surface area contributed by atoms with Crippen molar-refractivity contribution in [2.24, 2.45) is 5.73 Å². The van der Waals surface area contributed by atoms with E-state index in [1.165, 1.54) is 13.8 Å². The van der Waals surface area contributed by atoms with Crippen LogP contribution in [-0.4, -0.2) is 30.9 Å². The van der Waals surface area contributed by atoms with Gasteiger partial charge in [-0.15, -0.1) is 0 Å². The van der Waals surface area contributed by atoms with E-state index < -0.39 is 17.5 Å². The van der Waals surface area contributed by atoms with Crippen LogP contribution in [0.15, 0.2) is 11.3 Å². The third-order valence-corrected chi connectivity index (χ3v) is 2.17. The van der Waals surface area contributed by atoms with Crippen LogP contribution in [0.3, 0.4) is 0 Å². The van der Waals surface area contributed by atoms with Gasteiger partial charge in [0.2, 0.25) is 0 Å². The summed E-state index contributed by atoms with van der Waals surface area (Å²) in [6.07, 6.45) is -4.76. The number of hydrogen-bond donors (Lipinski definition) is 2. The zero-order valence-electron chi connectivity index (χ0n) is 8.94. The van der Waals surface area contributed by atoms with Crippen molar-refractivity contribution in [1.29, 1.82) is 5.41 Å². The molecule has 0 aromatic heterocycles. The standard InChI is InChI=1S/C9H13F3N2O2/c1-5(13)7(6(2)14)8(9(10,11)12)15-3-4-16-8/h13H,3-4,14H2,1-2H3/b7-6+,13-5?. The Morgan fingerprint density at radius 1 is 1.25 bits per heavy atom. The molecule has 16 heavy (non-hydrogen) atoms. The first kappa shape index (κ1) is 13.0. The van der Waals surface area contributed by atoms with Gasteiger partial charge in [0.15, 0.2) is 0 Å². The van der Waals surface area contributed by atoms with E-state index in [0.717, 1.165) is 0 Å². The lowest BCUT2D eigenvalue weighted by molar-refractivity contribution is -0.322.